The summed E-state index contributed by atoms with van der Waals surface area (Å²) >= 11 is 0. The molecule has 0 heterocycles. The first-order chi connectivity index (χ1) is 10.4. The molecule has 0 saturated carbocycles. The molecule has 0 aromatic heterocycles. The quantitative estimate of drug-likeness (QED) is 0.464. The Morgan fingerprint density at radius 1 is 1.09 bits per heavy atom. The summed E-state index contributed by atoms with van der Waals surface area (Å²) in [4.78, 5) is 10.5. The molecule has 0 fully saturated rings. The van der Waals surface area contributed by atoms with Crippen molar-refractivity contribution in [1.82, 2.24) is 0 Å². The van der Waals surface area contributed by atoms with E-state index in [1.54, 1.807) is 30.3 Å². The predicted molar refractivity (Wildman–Crippen MR) is 81.1 cm³/mol. The van der Waals surface area contributed by atoms with Crippen LogP contribution in [0.25, 0.3) is 0 Å². The van der Waals surface area contributed by atoms with Crippen molar-refractivity contribution < 1.29 is 17.5 Å². The first kappa shape index (κ1) is 16.1. The molecule has 0 spiro atoms. The van der Waals surface area contributed by atoms with Crippen LogP contribution in [0.5, 0.6) is 0 Å². The van der Waals surface area contributed by atoms with Gasteiger partial charge >= 0.3 is 0 Å². The van der Waals surface area contributed by atoms with E-state index < -0.39 is 15.0 Å². The van der Waals surface area contributed by atoms with E-state index in [4.69, 9.17) is 4.18 Å². The number of nitro groups is 1. The maximum Gasteiger partial charge on any atom is 0.296 e. The molecule has 6 nitrogen and oxygen atoms in total. The Morgan fingerprint density at radius 3 is 2.36 bits per heavy atom. The van der Waals surface area contributed by atoms with Gasteiger partial charge in [0.05, 0.1) is 16.4 Å². The largest absolute Gasteiger partial charge is 0.296 e. The van der Waals surface area contributed by atoms with Crippen LogP contribution in [0, 0.1) is 17.0 Å². The van der Waals surface area contributed by atoms with Gasteiger partial charge in [-0.2, -0.15) is 8.42 Å². The highest BCUT2D eigenvalue weighted by Crippen LogP contribution is 2.19. The number of benzene rings is 2. The molecule has 22 heavy (non-hydrogen) atoms. The molecule has 0 saturated heterocycles. The SMILES string of the molecule is Cc1ccc(S(=O)(=O)OCCc2ccccc2[N+](=O)[O-])cc1. The van der Waals surface area contributed by atoms with Gasteiger partial charge in [-0.25, -0.2) is 0 Å². The summed E-state index contributed by atoms with van der Waals surface area (Å²) in [6.07, 6.45) is 0.141. The first-order valence-electron chi connectivity index (χ1n) is 6.58. The zero-order valence-electron chi connectivity index (χ0n) is 11.9. The highest BCUT2D eigenvalue weighted by Gasteiger charge is 2.17. The van der Waals surface area contributed by atoms with Gasteiger partial charge in [-0.3, -0.25) is 14.3 Å². The molecule has 0 aliphatic rings. The van der Waals surface area contributed by atoms with E-state index >= 15 is 0 Å². The Morgan fingerprint density at radius 2 is 1.73 bits per heavy atom. The summed E-state index contributed by atoms with van der Waals surface area (Å²) in [5.41, 5.74) is 1.34. The van der Waals surface area contributed by atoms with Gasteiger partial charge in [-0.15, -0.1) is 0 Å². The number of aryl methyl sites for hydroxylation is 1. The molecule has 0 radical (unpaired) electrons. The summed E-state index contributed by atoms with van der Waals surface area (Å²) in [7, 11) is -3.85. The molecule has 0 aliphatic carbocycles. The average Bonchev–Trinajstić information content (AvgIpc) is 2.48. The van der Waals surface area contributed by atoms with Crippen LogP contribution in [0.15, 0.2) is 53.4 Å². The lowest BCUT2D eigenvalue weighted by Crippen LogP contribution is -2.10. The van der Waals surface area contributed by atoms with E-state index in [-0.39, 0.29) is 23.6 Å². The number of hydrogen-bond donors (Lipinski definition) is 0. The zero-order chi connectivity index (χ0) is 16.2. The number of rotatable bonds is 6. The van der Waals surface area contributed by atoms with Gasteiger partial charge in [-0.05, 0) is 19.1 Å². The maximum absolute atomic E-state index is 12.0. The number of para-hydroxylation sites is 1. The third kappa shape index (κ3) is 3.90. The topological polar surface area (TPSA) is 86.5 Å². The molecule has 0 unspecified atom stereocenters. The van der Waals surface area contributed by atoms with Gasteiger partial charge in [0, 0.05) is 18.1 Å². The third-order valence-electron chi connectivity index (χ3n) is 3.11. The number of nitrogens with zero attached hydrogens (tertiary/aromatic N) is 1. The van der Waals surface area contributed by atoms with E-state index in [9.17, 15) is 18.5 Å². The molecular weight excluding hydrogens is 306 g/mol. The molecule has 0 N–H and O–H groups in total. The monoisotopic (exact) mass is 321 g/mol. The van der Waals surface area contributed by atoms with Crippen molar-refractivity contribution in [3.05, 3.63) is 69.8 Å². The van der Waals surface area contributed by atoms with Gasteiger partial charge in [0.15, 0.2) is 0 Å². The fourth-order valence-electron chi connectivity index (χ4n) is 1.93. The molecule has 2 rings (SSSR count). The normalized spacial score (nSPS) is 11.3. The van der Waals surface area contributed by atoms with E-state index in [0.717, 1.165) is 5.56 Å². The van der Waals surface area contributed by atoms with Crippen molar-refractivity contribution in [1.29, 1.82) is 0 Å². The second-order valence-corrected chi connectivity index (χ2v) is 6.34. The Bertz CT molecular complexity index is 769. The minimum atomic E-state index is -3.85. The van der Waals surface area contributed by atoms with Gasteiger partial charge in [0.2, 0.25) is 0 Å². The smallest absolute Gasteiger partial charge is 0.266 e. The van der Waals surface area contributed by atoms with Gasteiger partial charge < -0.3 is 0 Å². The number of hydrogen-bond acceptors (Lipinski definition) is 5. The van der Waals surface area contributed by atoms with Crippen molar-refractivity contribution in [2.75, 3.05) is 6.61 Å². The second-order valence-electron chi connectivity index (χ2n) is 4.72. The van der Waals surface area contributed by atoms with Crippen LogP contribution < -0.4 is 0 Å². The summed E-state index contributed by atoms with van der Waals surface area (Å²) in [5, 5.41) is 10.9. The van der Waals surface area contributed by atoms with Crippen molar-refractivity contribution in [3.8, 4) is 0 Å². The molecule has 0 atom stereocenters. The maximum atomic E-state index is 12.0. The number of nitro benzene ring substituents is 1. The second kappa shape index (κ2) is 6.67. The van der Waals surface area contributed by atoms with Crippen molar-refractivity contribution in [2.24, 2.45) is 0 Å². The lowest BCUT2D eigenvalue weighted by molar-refractivity contribution is -0.385. The van der Waals surface area contributed by atoms with Crippen LogP contribution in [0.4, 0.5) is 5.69 Å². The van der Waals surface area contributed by atoms with Crippen LogP contribution in [-0.2, 0) is 20.7 Å². The van der Waals surface area contributed by atoms with Crippen molar-refractivity contribution in [3.63, 3.8) is 0 Å². The molecular formula is C15H15NO5S. The molecule has 7 heteroatoms. The van der Waals surface area contributed by atoms with Crippen LogP contribution in [0.2, 0.25) is 0 Å². The van der Waals surface area contributed by atoms with Gasteiger partial charge in [0.1, 0.15) is 0 Å². The van der Waals surface area contributed by atoms with E-state index in [2.05, 4.69) is 0 Å². The Kier molecular flexibility index (Phi) is 4.89. The van der Waals surface area contributed by atoms with Crippen LogP contribution in [0.3, 0.4) is 0 Å². The molecule has 116 valence electrons. The molecule has 0 amide bonds. The zero-order valence-corrected chi connectivity index (χ0v) is 12.7. The fraction of sp³-hybridized carbons (Fsp3) is 0.200. The van der Waals surface area contributed by atoms with Crippen LogP contribution in [0.1, 0.15) is 11.1 Å². The van der Waals surface area contributed by atoms with Crippen LogP contribution >= 0.6 is 0 Å². The van der Waals surface area contributed by atoms with Crippen LogP contribution in [-0.4, -0.2) is 19.9 Å². The minimum absolute atomic E-state index is 0.0427. The van der Waals surface area contributed by atoms with Gasteiger partial charge in [0.25, 0.3) is 15.8 Å². The summed E-state index contributed by atoms with van der Waals surface area (Å²) < 4.78 is 28.9. The lowest BCUT2D eigenvalue weighted by atomic mass is 10.1. The standard InChI is InChI=1S/C15H15NO5S/c1-12-6-8-14(9-7-12)22(19,20)21-11-10-13-4-2-3-5-15(13)16(17)18/h2-9H,10-11H2,1H3. The van der Waals surface area contributed by atoms with E-state index in [1.807, 2.05) is 6.92 Å². The minimum Gasteiger partial charge on any atom is -0.266 e. The molecule has 0 aliphatic heterocycles. The summed E-state index contributed by atoms with van der Waals surface area (Å²) in [6, 6.07) is 12.5. The van der Waals surface area contributed by atoms with E-state index in [0.29, 0.717) is 5.56 Å². The van der Waals surface area contributed by atoms with E-state index in [1.165, 1.54) is 18.2 Å². The highest BCUT2D eigenvalue weighted by atomic mass is 32.2. The molecule has 2 aromatic rings. The average molecular weight is 321 g/mol. The molecule has 2 aromatic carbocycles. The summed E-state index contributed by atoms with van der Waals surface area (Å²) in [5.74, 6) is 0. The first-order valence-corrected chi connectivity index (χ1v) is 7.99. The van der Waals surface area contributed by atoms with Crippen molar-refractivity contribution in [2.45, 2.75) is 18.2 Å². The van der Waals surface area contributed by atoms with Crippen molar-refractivity contribution >= 4 is 15.8 Å². The predicted octanol–water partition coefficient (Wildman–Crippen LogP) is 2.85. The third-order valence-corrected chi connectivity index (χ3v) is 4.43. The Labute approximate surface area is 128 Å². The van der Waals surface area contributed by atoms with Gasteiger partial charge in [-0.1, -0.05) is 35.9 Å². The lowest BCUT2D eigenvalue weighted by Gasteiger charge is -2.06. The molecule has 0 bridgehead atoms. The summed E-state index contributed by atoms with van der Waals surface area (Å²) in [6.45, 7) is 1.70. The highest BCUT2D eigenvalue weighted by molar-refractivity contribution is 7.86. The Hall–Kier alpha value is -2.25. The fourth-order valence-corrected chi connectivity index (χ4v) is 2.84. The Balaban J connectivity index is 2.05.